The van der Waals surface area contributed by atoms with E-state index in [1.165, 1.54) is 6.07 Å². The number of hydrogen-bond acceptors (Lipinski definition) is 2. The lowest BCUT2D eigenvalue weighted by molar-refractivity contribution is -0.124. The first kappa shape index (κ1) is 18.5. The number of carbonyl (C=O) groups excluding carboxylic acids is 1. The van der Waals surface area contributed by atoms with Crippen LogP contribution in [0, 0.1) is 11.6 Å². The summed E-state index contributed by atoms with van der Waals surface area (Å²) in [5, 5.41) is 3.01. The van der Waals surface area contributed by atoms with Gasteiger partial charge in [-0.05, 0) is 63.3 Å². The molecule has 1 heterocycles. The number of pyridine rings is 1. The van der Waals surface area contributed by atoms with Crippen LogP contribution in [0.2, 0.25) is 0 Å². The molecule has 0 bridgehead atoms. The lowest BCUT2D eigenvalue weighted by Gasteiger charge is -2.30. The van der Waals surface area contributed by atoms with Crippen molar-refractivity contribution in [2.24, 2.45) is 0 Å². The van der Waals surface area contributed by atoms with E-state index >= 15 is 0 Å². The van der Waals surface area contributed by atoms with Crippen molar-refractivity contribution in [3.05, 3.63) is 65.0 Å². The molecule has 26 heavy (non-hydrogen) atoms. The van der Waals surface area contributed by atoms with E-state index in [1.807, 2.05) is 26.8 Å². The van der Waals surface area contributed by atoms with E-state index in [0.29, 0.717) is 6.42 Å². The lowest BCUT2D eigenvalue weighted by atomic mass is 9.79. The van der Waals surface area contributed by atoms with Crippen molar-refractivity contribution in [1.82, 2.24) is 10.3 Å². The van der Waals surface area contributed by atoms with Crippen LogP contribution in [0.4, 0.5) is 8.78 Å². The molecule has 1 N–H and O–H groups in total. The first-order chi connectivity index (χ1) is 12.3. The van der Waals surface area contributed by atoms with E-state index in [9.17, 15) is 13.6 Å². The second-order valence-corrected chi connectivity index (χ2v) is 7.90. The first-order valence-corrected chi connectivity index (χ1v) is 8.97. The normalized spacial score (nSPS) is 20.2. The monoisotopic (exact) mass is 358 g/mol. The molecular weight excluding hydrogens is 334 g/mol. The summed E-state index contributed by atoms with van der Waals surface area (Å²) in [7, 11) is 0. The van der Waals surface area contributed by atoms with Gasteiger partial charge in [0.15, 0.2) is 11.6 Å². The summed E-state index contributed by atoms with van der Waals surface area (Å²) < 4.78 is 28.4. The average molecular weight is 358 g/mol. The largest absolute Gasteiger partial charge is 0.351 e. The van der Waals surface area contributed by atoms with Crippen LogP contribution in [0.3, 0.4) is 0 Å². The lowest BCUT2D eigenvalue weighted by Crippen LogP contribution is -2.44. The maximum atomic E-state index is 14.5. The quantitative estimate of drug-likeness (QED) is 0.805. The van der Waals surface area contributed by atoms with Crippen LogP contribution in [-0.2, 0) is 11.2 Å². The van der Waals surface area contributed by atoms with E-state index in [0.717, 1.165) is 30.2 Å². The third-order valence-electron chi connectivity index (χ3n) is 4.75. The summed E-state index contributed by atoms with van der Waals surface area (Å²) in [5.74, 6) is -2.95. The minimum atomic E-state index is -0.881. The van der Waals surface area contributed by atoms with Gasteiger partial charge in [-0.25, -0.2) is 8.78 Å². The number of aryl methyl sites for hydroxylation is 1. The summed E-state index contributed by atoms with van der Waals surface area (Å²) in [6, 6.07) is 7.86. The molecule has 0 spiro atoms. The number of nitrogens with zero attached hydrogens (tertiary/aromatic N) is 1. The van der Waals surface area contributed by atoms with Crippen molar-refractivity contribution in [3.63, 3.8) is 0 Å². The maximum absolute atomic E-state index is 14.5. The Balaban J connectivity index is 2.12. The van der Waals surface area contributed by atoms with Gasteiger partial charge < -0.3 is 5.32 Å². The molecule has 1 aromatic heterocycles. The van der Waals surface area contributed by atoms with Crippen LogP contribution in [0.25, 0.3) is 0 Å². The molecule has 1 aromatic carbocycles. The molecule has 5 heteroatoms. The molecule has 1 aliphatic carbocycles. The Bertz CT molecular complexity index is 814. The molecule has 0 unspecified atom stereocenters. The maximum Gasteiger partial charge on any atom is 0.228 e. The first-order valence-electron chi connectivity index (χ1n) is 8.97. The van der Waals surface area contributed by atoms with Crippen LogP contribution in [0.5, 0.6) is 0 Å². The van der Waals surface area contributed by atoms with E-state index in [2.05, 4.69) is 10.3 Å². The van der Waals surface area contributed by atoms with Gasteiger partial charge in [0.1, 0.15) is 0 Å². The van der Waals surface area contributed by atoms with Crippen molar-refractivity contribution in [3.8, 4) is 0 Å². The molecular formula is C21H24F2N2O. The summed E-state index contributed by atoms with van der Waals surface area (Å²) >= 11 is 0. The SMILES string of the molecule is CC(C)(C)NC(=O)[C@@H]1c2cccnc2CCC[C@@H]1c1cccc(F)c1F. The molecule has 0 aliphatic heterocycles. The highest BCUT2D eigenvalue weighted by molar-refractivity contribution is 5.86. The number of amides is 1. The summed E-state index contributed by atoms with van der Waals surface area (Å²) in [4.78, 5) is 17.6. The van der Waals surface area contributed by atoms with E-state index in [1.54, 1.807) is 18.3 Å². The van der Waals surface area contributed by atoms with Crippen molar-refractivity contribution < 1.29 is 13.6 Å². The average Bonchev–Trinajstić information content (AvgIpc) is 2.75. The fourth-order valence-electron chi connectivity index (χ4n) is 3.73. The van der Waals surface area contributed by atoms with Crippen LogP contribution in [0.1, 0.15) is 62.3 Å². The fourth-order valence-corrected chi connectivity index (χ4v) is 3.73. The molecule has 0 saturated carbocycles. The Hall–Kier alpha value is -2.30. The number of carbonyl (C=O) groups is 1. The Morgan fingerprint density at radius 1 is 1.15 bits per heavy atom. The second kappa shape index (κ2) is 7.14. The molecule has 0 radical (unpaired) electrons. The van der Waals surface area contributed by atoms with E-state index < -0.39 is 29.0 Å². The number of fused-ring (bicyclic) bond motifs is 1. The molecule has 1 aliphatic rings. The second-order valence-electron chi connectivity index (χ2n) is 7.90. The molecule has 0 fully saturated rings. The van der Waals surface area contributed by atoms with Gasteiger partial charge in [0.25, 0.3) is 0 Å². The summed E-state index contributed by atoms with van der Waals surface area (Å²) in [6.07, 6.45) is 3.80. The van der Waals surface area contributed by atoms with Crippen LogP contribution in [0.15, 0.2) is 36.5 Å². The number of nitrogens with one attached hydrogen (secondary N) is 1. The molecule has 3 nitrogen and oxygen atoms in total. The third-order valence-corrected chi connectivity index (χ3v) is 4.75. The molecule has 2 aromatic rings. The fraction of sp³-hybridized carbons (Fsp3) is 0.429. The van der Waals surface area contributed by atoms with Crippen molar-refractivity contribution >= 4 is 5.91 Å². The van der Waals surface area contributed by atoms with Gasteiger partial charge in [0.2, 0.25) is 5.91 Å². The zero-order valence-electron chi connectivity index (χ0n) is 15.4. The van der Waals surface area contributed by atoms with Gasteiger partial charge in [-0.2, -0.15) is 0 Å². The number of benzene rings is 1. The molecule has 1 amide bonds. The standard InChI is InChI=1S/C21H24F2N2O/c1-21(2,3)25-20(26)18-13(14-8-4-10-16(22)19(14)23)7-5-11-17-15(18)9-6-12-24-17/h4,6,8-10,12-13,18H,5,7,11H2,1-3H3,(H,25,26)/t13-,18+/m1/s1. The Kier molecular flexibility index (Phi) is 5.08. The highest BCUT2D eigenvalue weighted by Crippen LogP contribution is 2.42. The number of halogens is 2. The van der Waals surface area contributed by atoms with Gasteiger partial charge in [-0.1, -0.05) is 18.2 Å². The highest BCUT2D eigenvalue weighted by Gasteiger charge is 2.37. The van der Waals surface area contributed by atoms with Gasteiger partial charge in [0, 0.05) is 23.3 Å². The van der Waals surface area contributed by atoms with Gasteiger partial charge in [-0.3, -0.25) is 9.78 Å². The Labute approximate surface area is 152 Å². The topological polar surface area (TPSA) is 42.0 Å². The van der Waals surface area contributed by atoms with Crippen molar-refractivity contribution in [1.29, 1.82) is 0 Å². The minimum absolute atomic E-state index is 0.178. The number of aromatic nitrogens is 1. The molecule has 138 valence electrons. The van der Waals surface area contributed by atoms with E-state index in [-0.39, 0.29) is 11.5 Å². The van der Waals surface area contributed by atoms with E-state index in [4.69, 9.17) is 0 Å². The smallest absolute Gasteiger partial charge is 0.228 e. The van der Waals surface area contributed by atoms with Gasteiger partial charge >= 0.3 is 0 Å². The molecule has 0 saturated heterocycles. The molecule has 2 atom stereocenters. The predicted octanol–water partition coefficient (Wildman–Crippen LogP) is 4.48. The van der Waals surface area contributed by atoms with Crippen molar-refractivity contribution in [2.75, 3.05) is 0 Å². The molecule has 3 rings (SSSR count). The highest BCUT2D eigenvalue weighted by atomic mass is 19.2. The van der Waals surface area contributed by atoms with Crippen LogP contribution < -0.4 is 5.32 Å². The third kappa shape index (κ3) is 3.76. The zero-order chi connectivity index (χ0) is 18.9. The van der Waals surface area contributed by atoms with Crippen LogP contribution in [-0.4, -0.2) is 16.4 Å². The number of hydrogen-bond donors (Lipinski definition) is 1. The number of rotatable bonds is 2. The van der Waals surface area contributed by atoms with Crippen LogP contribution >= 0.6 is 0 Å². The van der Waals surface area contributed by atoms with Crippen molar-refractivity contribution in [2.45, 2.75) is 57.4 Å². The van der Waals surface area contributed by atoms with Gasteiger partial charge in [-0.15, -0.1) is 0 Å². The zero-order valence-corrected chi connectivity index (χ0v) is 15.4. The van der Waals surface area contributed by atoms with Gasteiger partial charge in [0.05, 0.1) is 5.92 Å². The summed E-state index contributed by atoms with van der Waals surface area (Å²) in [5.41, 5.74) is 1.51. The minimum Gasteiger partial charge on any atom is -0.351 e. The Morgan fingerprint density at radius 2 is 1.88 bits per heavy atom. The summed E-state index contributed by atoms with van der Waals surface area (Å²) in [6.45, 7) is 5.72. The predicted molar refractivity (Wildman–Crippen MR) is 96.9 cm³/mol. The Morgan fingerprint density at radius 3 is 2.62 bits per heavy atom.